The second-order valence-electron chi connectivity index (χ2n) is 9.49. The molecule has 0 spiro atoms. The molecule has 0 amide bonds. The van der Waals surface area contributed by atoms with Crippen molar-refractivity contribution in [3.63, 3.8) is 0 Å². The number of imidazole rings is 1. The lowest BCUT2D eigenvalue weighted by Crippen LogP contribution is -2.04. The van der Waals surface area contributed by atoms with Crippen LogP contribution in [0.2, 0.25) is 0 Å². The molecule has 3 aromatic carbocycles. The van der Waals surface area contributed by atoms with Crippen LogP contribution >= 0.6 is 0 Å². The molecule has 1 N–H and O–H groups in total. The Balaban J connectivity index is 1.51. The van der Waals surface area contributed by atoms with E-state index in [1.807, 2.05) is 12.4 Å². The van der Waals surface area contributed by atoms with Gasteiger partial charge in [0.25, 0.3) is 0 Å². The van der Waals surface area contributed by atoms with E-state index >= 15 is 0 Å². The number of oxazole rings is 1. The van der Waals surface area contributed by atoms with Crippen LogP contribution in [0, 0.1) is 5.92 Å². The fourth-order valence-corrected chi connectivity index (χ4v) is 4.69. The molecular weight excluding hydrogens is 408 g/mol. The van der Waals surface area contributed by atoms with Crippen molar-refractivity contribution in [1.29, 1.82) is 0 Å². The van der Waals surface area contributed by atoms with Crippen LogP contribution in [-0.2, 0) is 0 Å². The Labute approximate surface area is 192 Å². The second-order valence-corrected chi connectivity index (χ2v) is 9.49. The van der Waals surface area contributed by atoms with Crippen molar-refractivity contribution in [1.82, 2.24) is 15.0 Å². The molecule has 0 unspecified atom stereocenters. The van der Waals surface area contributed by atoms with Gasteiger partial charge in [0.05, 0.1) is 11.9 Å². The smallest absolute Gasteiger partial charge is 0.182 e. The van der Waals surface area contributed by atoms with Crippen LogP contribution in [0.4, 0.5) is 0 Å². The molecule has 0 radical (unpaired) electrons. The molecule has 6 rings (SSSR count). The Kier molecular flexibility index (Phi) is 4.47. The Morgan fingerprint density at radius 1 is 0.848 bits per heavy atom. The van der Waals surface area contributed by atoms with Gasteiger partial charge in [-0.25, -0.2) is 9.97 Å². The molecule has 0 atom stereocenters. The van der Waals surface area contributed by atoms with Crippen molar-refractivity contribution >= 4 is 43.9 Å². The van der Waals surface area contributed by atoms with E-state index in [4.69, 9.17) is 4.42 Å². The molecule has 164 valence electrons. The van der Waals surface area contributed by atoms with Crippen molar-refractivity contribution in [3.05, 3.63) is 66.6 Å². The van der Waals surface area contributed by atoms with Crippen LogP contribution < -0.4 is 0 Å². The number of nitrogens with one attached hydrogen (secondary N) is 1. The lowest BCUT2D eigenvalue weighted by molar-refractivity contribution is 0.605. The fraction of sp³-hybridized carbons (Fsp3) is 0.250. The summed E-state index contributed by atoms with van der Waals surface area (Å²) in [6.07, 6.45) is 6.37. The zero-order chi connectivity index (χ0) is 22.7. The predicted molar refractivity (Wildman–Crippen MR) is 136 cm³/mol. The zero-order valence-corrected chi connectivity index (χ0v) is 19.3. The van der Waals surface area contributed by atoms with Crippen molar-refractivity contribution in [2.24, 2.45) is 10.9 Å². The lowest BCUT2D eigenvalue weighted by Gasteiger charge is -2.11. The molecule has 0 saturated heterocycles. The van der Waals surface area contributed by atoms with Crippen molar-refractivity contribution < 1.29 is 4.42 Å². The van der Waals surface area contributed by atoms with E-state index in [-0.39, 0.29) is 0 Å². The van der Waals surface area contributed by atoms with Gasteiger partial charge in [-0.05, 0) is 40.0 Å². The Morgan fingerprint density at radius 3 is 2.33 bits per heavy atom. The minimum Gasteiger partial charge on any atom is -0.443 e. The standard InChI is InChI=1S/C28H26N4O/c1-15(2)24-11-19(12-29-24)17-5-7-20-21-8-6-18(25-13-30-28(32-25)16(3)4)10-23(21)27-26(22(20)9-17)31-14-33-27/h5-10,12-16H,11H2,1-4H3,(H,30,32). The third-order valence-corrected chi connectivity index (χ3v) is 6.64. The van der Waals surface area contributed by atoms with Crippen molar-refractivity contribution in [2.45, 2.75) is 40.0 Å². The highest BCUT2D eigenvalue weighted by molar-refractivity contribution is 6.23. The molecule has 5 heteroatoms. The minimum atomic E-state index is 0.357. The summed E-state index contributed by atoms with van der Waals surface area (Å²) in [6, 6.07) is 13.2. The van der Waals surface area contributed by atoms with E-state index in [2.05, 4.69) is 84.0 Å². The number of hydrogen-bond donors (Lipinski definition) is 1. The molecule has 33 heavy (non-hydrogen) atoms. The summed E-state index contributed by atoms with van der Waals surface area (Å²) in [6.45, 7) is 8.67. The SMILES string of the molecule is CC(C)C1=NC=C(c2ccc3c4ccc(-c5cnc(C(C)C)[nH]5)cc4c4ocnc4c3c2)C1. The summed E-state index contributed by atoms with van der Waals surface area (Å²) in [5.41, 5.74) is 7.51. The van der Waals surface area contributed by atoms with Gasteiger partial charge < -0.3 is 9.40 Å². The third kappa shape index (κ3) is 3.18. The van der Waals surface area contributed by atoms with Crippen LogP contribution in [0.15, 0.2) is 64.6 Å². The third-order valence-electron chi connectivity index (χ3n) is 6.64. The van der Waals surface area contributed by atoms with Gasteiger partial charge in [-0.2, -0.15) is 0 Å². The molecule has 5 nitrogen and oxygen atoms in total. The molecule has 5 aromatic rings. The van der Waals surface area contributed by atoms with Crippen molar-refractivity contribution in [3.8, 4) is 11.3 Å². The van der Waals surface area contributed by atoms with Crippen LogP contribution in [0.1, 0.15) is 51.4 Å². The number of aromatic amines is 1. The summed E-state index contributed by atoms with van der Waals surface area (Å²) in [5.74, 6) is 1.81. The maximum Gasteiger partial charge on any atom is 0.182 e. The van der Waals surface area contributed by atoms with Crippen LogP contribution in [0.5, 0.6) is 0 Å². The molecule has 0 saturated carbocycles. The molecule has 0 bridgehead atoms. The first-order valence-corrected chi connectivity index (χ1v) is 11.5. The quantitative estimate of drug-likeness (QED) is 0.298. The highest BCUT2D eigenvalue weighted by Crippen LogP contribution is 2.38. The summed E-state index contributed by atoms with van der Waals surface area (Å²) in [5, 5.41) is 4.51. The molecule has 1 aliphatic rings. The first kappa shape index (κ1) is 19.9. The van der Waals surface area contributed by atoms with E-state index in [1.165, 1.54) is 22.2 Å². The van der Waals surface area contributed by atoms with Gasteiger partial charge in [0.1, 0.15) is 11.3 Å². The van der Waals surface area contributed by atoms with E-state index in [1.54, 1.807) is 6.39 Å². The minimum absolute atomic E-state index is 0.357. The highest BCUT2D eigenvalue weighted by atomic mass is 16.3. The predicted octanol–water partition coefficient (Wildman–Crippen LogP) is 7.49. The average molecular weight is 435 g/mol. The van der Waals surface area contributed by atoms with Gasteiger partial charge in [-0.3, -0.25) is 4.99 Å². The number of hydrogen-bond acceptors (Lipinski definition) is 4. The summed E-state index contributed by atoms with van der Waals surface area (Å²) >= 11 is 0. The molecule has 0 fully saturated rings. The maximum absolute atomic E-state index is 5.91. The summed E-state index contributed by atoms with van der Waals surface area (Å²) < 4.78 is 5.91. The van der Waals surface area contributed by atoms with E-state index in [9.17, 15) is 0 Å². The van der Waals surface area contributed by atoms with Gasteiger partial charge in [-0.1, -0.05) is 52.0 Å². The number of aliphatic imine (C=N–C) groups is 1. The van der Waals surface area contributed by atoms with Crippen LogP contribution in [0.25, 0.3) is 49.5 Å². The average Bonchev–Trinajstić information content (AvgIpc) is 3.59. The highest BCUT2D eigenvalue weighted by Gasteiger charge is 2.18. The second kappa shape index (κ2) is 7.41. The molecule has 0 aliphatic carbocycles. The van der Waals surface area contributed by atoms with Gasteiger partial charge >= 0.3 is 0 Å². The van der Waals surface area contributed by atoms with Crippen molar-refractivity contribution in [2.75, 3.05) is 0 Å². The molecule has 1 aliphatic heterocycles. The largest absolute Gasteiger partial charge is 0.443 e. The number of nitrogens with zero attached hydrogens (tertiary/aromatic N) is 3. The number of H-pyrrole nitrogens is 1. The van der Waals surface area contributed by atoms with Gasteiger partial charge in [0, 0.05) is 40.6 Å². The number of aromatic nitrogens is 3. The molecular formula is C28H26N4O. The Hall–Kier alpha value is -3.73. The Bertz CT molecular complexity index is 1600. The fourth-order valence-electron chi connectivity index (χ4n) is 4.69. The van der Waals surface area contributed by atoms with Crippen LogP contribution in [0.3, 0.4) is 0 Å². The number of rotatable bonds is 4. The van der Waals surface area contributed by atoms with E-state index in [0.717, 1.165) is 50.8 Å². The first-order valence-electron chi connectivity index (χ1n) is 11.5. The molecule has 3 heterocycles. The topological polar surface area (TPSA) is 67.1 Å². The van der Waals surface area contributed by atoms with E-state index < -0.39 is 0 Å². The summed E-state index contributed by atoms with van der Waals surface area (Å²) in [4.78, 5) is 17.2. The number of allylic oxidation sites excluding steroid dienone is 1. The number of benzene rings is 3. The molecule has 2 aromatic heterocycles. The Morgan fingerprint density at radius 2 is 1.61 bits per heavy atom. The maximum atomic E-state index is 5.91. The number of fused-ring (bicyclic) bond motifs is 6. The van der Waals surface area contributed by atoms with Crippen LogP contribution in [-0.4, -0.2) is 20.7 Å². The normalized spacial score (nSPS) is 14.2. The van der Waals surface area contributed by atoms with Gasteiger partial charge in [0.2, 0.25) is 0 Å². The zero-order valence-electron chi connectivity index (χ0n) is 19.3. The van der Waals surface area contributed by atoms with Gasteiger partial charge in [-0.15, -0.1) is 0 Å². The first-order chi connectivity index (χ1) is 16.0. The summed E-state index contributed by atoms with van der Waals surface area (Å²) in [7, 11) is 0. The monoisotopic (exact) mass is 434 g/mol. The lowest BCUT2D eigenvalue weighted by atomic mass is 9.93. The van der Waals surface area contributed by atoms with Gasteiger partial charge in [0.15, 0.2) is 12.0 Å². The van der Waals surface area contributed by atoms with E-state index in [0.29, 0.717) is 11.8 Å².